The van der Waals surface area contributed by atoms with E-state index in [0.29, 0.717) is 0 Å². The zero-order chi connectivity index (χ0) is 2.00. The average molecular weight is 258 g/mol. The standard InChI is InChI=1S/C2H.Au.ClH/c1-2;;/h1H;;1H/q-1;+1;. The molecule has 0 amide bonds. The molecule has 0 aliphatic rings. The van der Waals surface area contributed by atoms with E-state index in [1.807, 2.05) is 0 Å². The Labute approximate surface area is 47.9 Å². The van der Waals surface area contributed by atoms with Crippen molar-refractivity contribution in [2.45, 2.75) is 0 Å². The Balaban J connectivity index is -0.00000000500. The zero-order valence-corrected chi connectivity index (χ0v) is 4.77. The summed E-state index contributed by atoms with van der Waals surface area (Å²) < 4.78 is 0. The van der Waals surface area contributed by atoms with Crippen LogP contribution in [0.5, 0.6) is 0 Å². The Kier molecular flexibility index (Phi) is 404. The van der Waals surface area contributed by atoms with Crippen LogP contribution in [-0.2, 0) is 22.4 Å². The number of halogens is 1. The molecule has 0 N–H and O–H groups in total. The van der Waals surface area contributed by atoms with Crippen molar-refractivity contribution < 1.29 is 22.4 Å². The van der Waals surface area contributed by atoms with Crippen molar-refractivity contribution in [2.24, 2.45) is 0 Å². The third-order valence-corrected chi connectivity index (χ3v) is 0. The molecule has 0 fully saturated rings. The van der Waals surface area contributed by atoms with Gasteiger partial charge in [0.2, 0.25) is 0 Å². The van der Waals surface area contributed by atoms with Crippen LogP contribution < -0.4 is 0 Å². The number of rotatable bonds is 0. The van der Waals surface area contributed by atoms with Crippen molar-refractivity contribution in [1.82, 2.24) is 0 Å². The van der Waals surface area contributed by atoms with Crippen LogP contribution in [0.1, 0.15) is 0 Å². The minimum absolute atomic E-state index is 0. The summed E-state index contributed by atoms with van der Waals surface area (Å²) in [6.45, 7) is 0. The van der Waals surface area contributed by atoms with Crippen molar-refractivity contribution in [3.63, 3.8) is 0 Å². The topological polar surface area (TPSA) is 0 Å². The summed E-state index contributed by atoms with van der Waals surface area (Å²) in [5.41, 5.74) is 0. The molecular weight excluding hydrogens is 256 g/mol. The second-order valence-corrected chi connectivity index (χ2v) is 0. The molecule has 0 rings (SSSR count). The van der Waals surface area contributed by atoms with Crippen LogP contribution in [-0.4, -0.2) is 0 Å². The summed E-state index contributed by atoms with van der Waals surface area (Å²) >= 11 is 0. The zero-order valence-electron chi connectivity index (χ0n) is 1.79. The van der Waals surface area contributed by atoms with Crippen molar-refractivity contribution in [3.05, 3.63) is 6.42 Å². The van der Waals surface area contributed by atoms with Gasteiger partial charge in [-0.25, -0.2) is 0 Å². The van der Waals surface area contributed by atoms with Gasteiger partial charge >= 0.3 is 22.4 Å². The fraction of sp³-hybridized carbons (Fsp3) is 0. The van der Waals surface area contributed by atoms with Gasteiger partial charge < -0.3 is 12.8 Å². The summed E-state index contributed by atoms with van der Waals surface area (Å²) in [6.07, 6.45) is 9.00. The van der Waals surface area contributed by atoms with Gasteiger partial charge in [-0.3, -0.25) is 0 Å². The maximum absolute atomic E-state index is 5.25. The van der Waals surface area contributed by atoms with Crippen LogP contribution in [0.2, 0.25) is 0 Å². The van der Waals surface area contributed by atoms with E-state index < -0.39 is 0 Å². The maximum atomic E-state index is 5.25. The fourth-order valence-electron chi connectivity index (χ4n) is 0. The molecule has 28 valence electrons. The summed E-state index contributed by atoms with van der Waals surface area (Å²) in [7, 11) is 0. The number of hydrogen-bond donors (Lipinski definition) is 0. The van der Waals surface area contributed by atoms with Crippen LogP contribution >= 0.6 is 12.4 Å². The summed E-state index contributed by atoms with van der Waals surface area (Å²) in [6, 6.07) is 0. The molecule has 0 aromatic carbocycles. The van der Waals surface area contributed by atoms with Crippen molar-refractivity contribution in [2.75, 3.05) is 0 Å². The normalized spacial score (nSPS) is 0.500. The molecule has 0 saturated heterocycles. The first-order chi connectivity index (χ1) is 1.00. The van der Waals surface area contributed by atoms with E-state index in [2.05, 4.69) is 6.42 Å². The molecule has 0 radical (unpaired) electrons. The van der Waals surface area contributed by atoms with Crippen LogP contribution in [0.15, 0.2) is 0 Å². The quantitative estimate of drug-likeness (QED) is 0.340. The number of hydrogen-bond acceptors (Lipinski definition) is 0. The summed E-state index contributed by atoms with van der Waals surface area (Å²) in [5, 5.41) is 0. The van der Waals surface area contributed by atoms with Gasteiger partial charge in [0, 0.05) is 0 Å². The molecule has 0 aliphatic heterocycles. The minimum Gasteiger partial charge on any atom is -0.697 e. The smallest absolute Gasteiger partial charge is 0.697 e. The molecule has 0 atom stereocenters. The molecule has 0 aliphatic carbocycles. The van der Waals surface area contributed by atoms with E-state index in [4.69, 9.17) is 6.42 Å². The molecule has 0 bridgehead atoms. The number of terminal acetylenes is 1. The molecular formula is C2H2AuCl. The van der Waals surface area contributed by atoms with Gasteiger partial charge in [0.15, 0.2) is 0 Å². The molecule has 0 aromatic rings. The third kappa shape index (κ3) is 18.8. The first kappa shape index (κ1) is 23.4. The van der Waals surface area contributed by atoms with Gasteiger partial charge in [0.05, 0.1) is 0 Å². The Hall–Kier alpha value is 0.590. The van der Waals surface area contributed by atoms with Crippen LogP contribution in [0.4, 0.5) is 0 Å². The van der Waals surface area contributed by atoms with Crippen LogP contribution in [0.25, 0.3) is 0 Å². The molecule has 2 heteroatoms. The predicted octanol–water partition coefficient (Wildman–Crippen LogP) is 0.625. The van der Waals surface area contributed by atoms with Gasteiger partial charge in [-0.1, -0.05) is 0 Å². The van der Waals surface area contributed by atoms with E-state index in [-0.39, 0.29) is 34.8 Å². The van der Waals surface area contributed by atoms with Gasteiger partial charge in [0.25, 0.3) is 0 Å². The molecule has 0 heterocycles. The molecule has 0 nitrogen and oxygen atoms in total. The Morgan fingerprint density at radius 2 is 1.25 bits per heavy atom. The summed E-state index contributed by atoms with van der Waals surface area (Å²) in [5.74, 6) is 0. The SMILES string of the molecule is Cl.[Au+].[C-]#C. The third-order valence-electron chi connectivity index (χ3n) is 0. The van der Waals surface area contributed by atoms with E-state index in [1.54, 1.807) is 0 Å². The fourth-order valence-corrected chi connectivity index (χ4v) is 0. The second-order valence-electron chi connectivity index (χ2n) is 0. The second kappa shape index (κ2) is 69.1. The minimum atomic E-state index is 0. The van der Waals surface area contributed by atoms with Gasteiger partial charge in [-0.2, -0.15) is 0 Å². The first-order valence-corrected chi connectivity index (χ1v) is 0.289. The van der Waals surface area contributed by atoms with E-state index in [0.717, 1.165) is 0 Å². The predicted molar refractivity (Wildman–Crippen MR) is 15.4 cm³/mol. The van der Waals surface area contributed by atoms with Crippen LogP contribution in [0, 0.1) is 12.8 Å². The molecule has 4 heavy (non-hydrogen) atoms. The van der Waals surface area contributed by atoms with Gasteiger partial charge in [-0.15, -0.1) is 12.4 Å². The van der Waals surface area contributed by atoms with Crippen molar-refractivity contribution in [3.8, 4) is 6.42 Å². The Morgan fingerprint density at radius 3 is 1.25 bits per heavy atom. The monoisotopic (exact) mass is 258 g/mol. The summed E-state index contributed by atoms with van der Waals surface area (Å²) in [4.78, 5) is 0. The van der Waals surface area contributed by atoms with E-state index in [9.17, 15) is 0 Å². The van der Waals surface area contributed by atoms with Gasteiger partial charge in [0.1, 0.15) is 0 Å². The Morgan fingerprint density at radius 1 is 1.25 bits per heavy atom. The van der Waals surface area contributed by atoms with Gasteiger partial charge in [-0.05, 0) is 0 Å². The first-order valence-electron chi connectivity index (χ1n) is 0.289. The van der Waals surface area contributed by atoms with E-state index >= 15 is 0 Å². The molecule has 0 spiro atoms. The molecule has 0 saturated carbocycles. The Bertz CT molecular complexity index is 10.8. The van der Waals surface area contributed by atoms with Crippen molar-refractivity contribution in [1.29, 1.82) is 0 Å². The van der Waals surface area contributed by atoms with Crippen LogP contribution in [0.3, 0.4) is 0 Å². The van der Waals surface area contributed by atoms with Crippen molar-refractivity contribution >= 4 is 12.4 Å². The molecule has 0 aromatic heterocycles. The largest absolute Gasteiger partial charge is 1.00 e. The average Bonchev–Trinajstić information content (AvgIpc) is 1.00. The maximum Gasteiger partial charge on any atom is 1.00 e. The van der Waals surface area contributed by atoms with E-state index in [1.165, 1.54) is 0 Å². The molecule has 0 unspecified atom stereocenters.